The third kappa shape index (κ3) is 6.31. The average Bonchev–Trinajstić information content (AvgIpc) is 3.53. The number of benzene rings is 7. The summed E-state index contributed by atoms with van der Waals surface area (Å²) in [5.74, 6) is 1.89. The summed E-state index contributed by atoms with van der Waals surface area (Å²) in [5.41, 5.74) is 17.4. The minimum Gasteiger partial charge on any atom is -0.264 e. The number of fused-ring (bicyclic) bond motifs is 3. The van der Waals surface area contributed by atoms with Gasteiger partial charge in [0.15, 0.2) is 17.5 Å². The summed E-state index contributed by atoms with van der Waals surface area (Å²) < 4.78 is 0. The van der Waals surface area contributed by atoms with Crippen LogP contribution < -0.4 is 0 Å². The van der Waals surface area contributed by atoms with E-state index >= 15 is 0 Å². The monoisotopic (exact) mass is 730 g/mol. The molecule has 0 atom stereocenters. The van der Waals surface area contributed by atoms with Crippen LogP contribution in [0.2, 0.25) is 0 Å². The molecule has 7 aromatic carbocycles. The molecule has 0 radical (unpaired) electrons. The Morgan fingerprint density at radius 3 is 1.46 bits per heavy atom. The number of hydrogen-bond donors (Lipinski definition) is 0. The van der Waals surface area contributed by atoms with Crippen molar-refractivity contribution in [2.45, 2.75) is 19.3 Å². The first-order valence-corrected chi connectivity index (χ1v) is 19.4. The van der Waals surface area contributed by atoms with E-state index in [1.165, 1.54) is 38.9 Å². The lowest BCUT2D eigenvalue weighted by atomic mass is 9.82. The average molecular weight is 731 g/mol. The molecule has 0 bridgehead atoms. The number of aromatic nitrogens is 4. The van der Waals surface area contributed by atoms with Crippen LogP contribution in [-0.4, -0.2) is 19.9 Å². The van der Waals surface area contributed by atoms with Crippen molar-refractivity contribution in [2.24, 2.45) is 0 Å². The van der Waals surface area contributed by atoms with Gasteiger partial charge in [-0.15, -0.1) is 0 Å². The van der Waals surface area contributed by atoms with Gasteiger partial charge in [0.05, 0.1) is 0 Å². The Hall–Kier alpha value is -7.30. The van der Waals surface area contributed by atoms with Crippen LogP contribution in [0.4, 0.5) is 0 Å². The van der Waals surface area contributed by atoms with E-state index in [0.717, 1.165) is 44.5 Å². The van der Waals surface area contributed by atoms with Crippen molar-refractivity contribution in [1.82, 2.24) is 19.9 Å². The molecule has 0 N–H and O–H groups in total. The fourth-order valence-corrected chi connectivity index (χ4v) is 8.27. The van der Waals surface area contributed by atoms with Gasteiger partial charge >= 0.3 is 0 Å². The number of rotatable bonds is 7. The molecule has 0 saturated carbocycles. The molecule has 0 amide bonds. The summed E-state index contributed by atoms with van der Waals surface area (Å²) in [5, 5.41) is 0. The van der Waals surface area contributed by atoms with Crippen molar-refractivity contribution in [3.63, 3.8) is 0 Å². The molecule has 0 unspecified atom stereocenters. The molecule has 2 heterocycles. The molecule has 10 rings (SSSR count). The highest BCUT2D eigenvalue weighted by molar-refractivity contribution is 5.93. The van der Waals surface area contributed by atoms with Crippen molar-refractivity contribution in [1.29, 1.82) is 0 Å². The van der Waals surface area contributed by atoms with E-state index in [4.69, 9.17) is 15.0 Å². The van der Waals surface area contributed by atoms with Crippen molar-refractivity contribution in [3.05, 3.63) is 206 Å². The molecular formula is C53H38N4. The zero-order valence-electron chi connectivity index (χ0n) is 31.8. The Morgan fingerprint density at radius 1 is 0.333 bits per heavy atom. The molecule has 0 spiro atoms. The molecular weight excluding hydrogens is 693 g/mol. The Balaban J connectivity index is 1.00. The molecule has 1 aliphatic carbocycles. The lowest BCUT2D eigenvalue weighted by Crippen LogP contribution is -2.14. The normalized spacial score (nSPS) is 12.5. The maximum atomic E-state index is 5.05. The van der Waals surface area contributed by atoms with Crippen LogP contribution in [0.25, 0.3) is 89.8 Å². The van der Waals surface area contributed by atoms with Crippen LogP contribution in [0, 0.1) is 0 Å². The van der Waals surface area contributed by atoms with Gasteiger partial charge in [-0.05, 0) is 91.0 Å². The van der Waals surface area contributed by atoms with Crippen LogP contribution in [0.1, 0.15) is 25.0 Å². The van der Waals surface area contributed by atoms with E-state index in [0.29, 0.717) is 17.5 Å². The predicted octanol–water partition coefficient (Wildman–Crippen LogP) is 13.2. The Labute approximate surface area is 333 Å². The first-order chi connectivity index (χ1) is 28.0. The minimum atomic E-state index is -0.0410. The van der Waals surface area contributed by atoms with Gasteiger partial charge in [0.25, 0.3) is 0 Å². The summed E-state index contributed by atoms with van der Waals surface area (Å²) in [6, 6.07) is 64.3. The molecule has 2 aromatic heterocycles. The molecule has 0 fully saturated rings. The Kier molecular flexibility index (Phi) is 8.45. The van der Waals surface area contributed by atoms with E-state index in [1.807, 2.05) is 42.6 Å². The second-order valence-corrected chi connectivity index (χ2v) is 15.1. The van der Waals surface area contributed by atoms with Gasteiger partial charge in [0.1, 0.15) is 0 Å². The fraction of sp³-hybridized carbons (Fsp3) is 0.0566. The molecule has 1 aliphatic rings. The summed E-state index contributed by atoms with van der Waals surface area (Å²) in [7, 11) is 0. The van der Waals surface area contributed by atoms with Gasteiger partial charge in [-0.25, -0.2) is 15.0 Å². The van der Waals surface area contributed by atoms with E-state index in [9.17, 15) is 0 Å². The van der Waals surface area contributed by atoms with Crippen molar-refractivity contribution in [2.75, 3.05) is 0 Å². The lowest BCUT2D eigenvalue weighted by Gasteiger charge is -2.21. The highest BCUT2D eigenvalue weighted by Gasteiger charge is 2.36. The zero-order valence-corrected chi connectivity index (χ0v) is 31.8. The topological polar surface area (TPSA) is 51.6 Å². The van der Waals surface area contributed by atoms with Crippen LogP contribution in [-0.2, 0) is 5.41 Å². The minimum absolute atomic E-state index is 0.0410. The summed E-state index contributed by atoms with van der Waals surface area (Å²) in [6.07, 6.45) is 3.66. The van der Waals surface area contributed by atoms with Crippen molar-refractivity contribution in [3.8, 4) is 89.8 Å². The third-order valence-corrected chi connectivity index (χ3v) is 11.2. The quantitative estimate of drug-likeness (QED) is 0.164. The SMILES string of the molecule is CC1(C)c2ccccc2-c2c(-c3cccc(-c4cccc(-c5cccc(-c6nc(-c7ccccc7)nc(-c7ccc(-c8cccnc8)cc7)n6)c5)c4)c3)cccc21. The predicted molar refractivity (Wildman–Crippen MR) is 233 cm³/mol. The largest absolute Gasteiger partial charge is 0.264 e. The molecule has 0 aliphatic heterocycles. The first-order valence-electron chi connectivity index (χ1n) is 19.4. The maximum Gasteiger partial charge on any atom is 0.164 e. The maximum absolute atomic E-state index is 5.05. The fourth-order valence-electron chi connectivity index (χ4n) is 8.27. The number of pyridine rings is 1. The lowest BCUT2D eigenvalue weighted by molar-refractivity contribution is 0.660. The second-order valence-electron chi connectivity index (χ2n) is 15.1. The summed E-state index contributed by atoms with van der Waals surface area (Å²) in [4.78, 5) is 19.3. The van der Waals surface area contributed by atoms with Crippen molar-refractivity contribution < 1.29 is 0 Å². The Morgan fingerprint density at radius 2 is 0.789 bits per heavy atom. The first kappa shape index (κ1) is 34.2. The Bertz CT molecular complexity index is 2920. The van der Waals surface area contributed by atoms with E-state index in [2.05, 4.69) is 164 Å². The zero-order chi connectivity index (χ0) is 38.3. The second kappa shape index (κ2) is 14.1. The number of nitrogens with zero attached hydrogens (tertiary/aromatic N) is 4. The molecule has 0 saturated heterocycles. The van der Waals surface area contributed by atoms with E-state index in [-0.39, 0.29) is 5.41 Å². The molecule has 4 heteroatoms. The summed E-state index contributed by atoms with van der Waals surface area (Å²) in [6.45, 7) is 4.67. The third-order valence-electron chi connectivity index (χ3n) is 11.2. The van der Waals surface area contributed by atoms with Crippen LogP contribution in [0.5, 0.6) is 0 Å². The highest BCUT2D eigenvalue weighted by Crippen LogP contribution is 2.52. The number of hydrogen-bond acceptors (Lipinski definition) is 4. The molecule has 270 valence electrons. The molecule has 9 aromatic rings. The molecule has 57 heavy (non-hydrogen) atoms. The smallest absolute Gasteiger partial charge is 0.164 e. The van der Waals surface area contributed by atoms with E-state index < -0.39 is 0 Å². The van der Waals surface area contributed by atoms with Gasteiger partial charge in [-0.2, -0.15) is 0 Å². The van der Waals surface area contributed by atoms with E-state index in [1.54, 1.807) is 6.20 Å². The van der Waals surface area contributed by atoms with Gasteiger partial charge in [0, 0.05) is 34.5 Å². The molecule has 4 nitrogen and oxygen atoms in total. The summed E-state index contributed by atoms with van der Waals surface area (Å²) >= 11 is 0. The van der Waals surface area contributed by atoms with Gasteiger partial charge < -0.3 is 0 Å². The van der Waals surface area contributed by atoms with Gasteiger partial charge in [-0.3, -0.25) is 4.98 Å². The standard InChI is InChI=1S/C53H38N4/c1-53(2)47-24-7-6-22-46(47)49-45(23-11-25-48(49)53)42-19-9-17-40(32-42)38-15-8-16-39(31-38)41-18-10-20-43(33-41)52-56-50(36-13-4-3-5-14-36)55-51(57-52)37-28-26-35(27-29-37)44-21-12-30-54-34-44/h3-34H,1-2H3. The van der Waals surface area contributed by atoms with Crippen LogP contribution in [0.3, 0.4) is 0 Å². The van der Waals surface area contributed by atoms with Crippen LogP contribution >= 0.6 is 0 Å². The highest BCUT2D eigenvalue weighted by atomic mass is 15.0. The van der Waals surface area contributed by atoms with Crippen LogP contribution in [0.15, 0.2) is 194 Å². The van der Waals surface area contributed by atoms with Crippen molar-refractivity contribution >= 4 is 0 Å². The van der Waals surface area contributed by atoms with Gasteiger partial charge in [-0.1, -0.05) is 172 Å². The van der Waals surface area contributed by atoms with Gasteiger partial charge in [0.2, 0.25) is 0 Å².